The monoisotopic (exact) mass is 256 g/mol. The lowest BCUT2D eigenvalue weighted by Crippen LogP contribution is -2.50. The average molecular weight is 256 g/mol. The first-order chi connectivity index (χ1) is 7.94. The molecule has 0 amide bonds. The summed E-state index contributed by atoms with van der Waals surface area (Å²) in [5.74, 6) is -0.680. The molecule has 17 heavy (non-hydrogen) atoms. The molecule has 2 N–H and O–H groups in total. The largest absolute Gasteiger partial charge is 0.466 e. The van der Waals surface area contributed by atoms with Crippen LogP contribution in [0.5, 0.6) is 0 Å². The molecule has 7 heteroatoms. The maximum absolute atomic E-state index is 11.9. The van der Waals surface area contributed by atoms with E-state index < -0.39 is 22.2 Å². The Morgan fingerprint density at radius 1 is 1.41 bits per heavy atom. The Morgan fingerprint density at radius 3 is 2.76 bits per heavy atom. The van der Waals surface area contributed by atoms with E-state index in [0.717, 1.165) is 5.56 Å². The van der Waals surface area contributed by atoms with Crippen molar-refractivity contribution in [3.05, 3.63) is 23.8 Å². The normalized spacial score (nSPS) is 21.2. The van der Waals surface area contributed by atoms with Crippen LogP contribution in [-0.2, 0) is 19.6 Å². The van der Waals surface area contributed by atoms with Gasteiger partial charge in [0.2, 0.25) is 10.0 Å². The van der Waals surface area contributed by atoms with Gasteiger partial charge in [-0.1, -0.05) is 6.07 Å². The van der Waals surface area contributed by atoms with Crippen molar-refractivity contribution >= 4 is 21.7 Å². The van der Waals surface area contributed by atoms with Crippen molar-refractivity contribution in [2.24, 2.45) is 0 Å². The third-order valence-electron chi connectivity index (χ3n) is 2.43. The molecular formula is C10H12N2O4S. The predicted octanol–water partition coefficient (Wildman–Crippen LogP) is 0.198. The highest BCUT2D eigenvalue weighted by atomic mass is 32.2. The standard InChI is InChI=1S/C10H12N2O4S/c1-6-3-4-8-7(5-6)11-9(10(13)16-2)12-17(8,14)15/h3-5,9,11-12H,1-2H3. The fraction of sp³-hybridized carbons (Fsp3) is 0.300. The van der Waals surface area contributed by atoms with Crippen molar-refractivity contribution < 1.29 is 17.9 Å². The van der Waals surface area contributed by atoms with E-state index in [-0.39, 0.29) is 4.90 Å². The summed E-state index contributed by atoms with van der Waals surface area (Å²) in [5.41, 5.74) is 1.30. The summed E-state index contributed by atoms with van der Waals surface area (Å²) >= 11 is 0. The molecule has 1 unspecified atom stereocenters. The van der Waals surface area contributed by atoms with Gasteiger partial charge >= 0.3 is 5.97 Å². The summed E-state index contributed by atoms with van der Waals surface area (Å²) in [7, 11) is -2.48. The van der Waals surface area contributed by atoms with Crippen LogP contribution in [0.3, 0.4) is 0 Å². The van der Waals surface area contributed by atoms with E-state index in [1.165, 1.54) is 13.2 Å². The lowest BCUT2D eigenvalue weighted by Gasteiger charge is -2.26. The Kier molecular flexibility index (Phi) is 2.80. The summed E-state index contributed by atoms with van der Waals surface area (Å²) in [6.07, 6.45) is -1.08. The highest BCUT2D eigenvalue weighted by molar-refractivity contribution is 7.89. The summed E-state index contributed by atoms with van der Waals surface area (Å²) in [4.78, 5) is 11.5. The minimum absolute atomic E-state index is 0.128. The second-order valence-corrected chi connectivity index (χ2v) is 5.40. The number of hydrogen-bond acceptors (Lipinski definition) is 5. The summed E-state index contributed by atoms with van der Waals surface area (Å²) < 4.78 is 30.4. The minimum Gasteiger partial charge on any atom is -0.466 e. The number of fused-ring (bicyclic) bond motifs is 1. The molecule has 1 aliphatic rings. The summed E-state index contributed by atoms with van der Waals surface area (Å²) in [5, 5.41) is 2.78. The van der Waals surface area contributed by atoms with E-state index in [1.807, 2.05) is 6.92 Å². The van der Waals surface area contributed by atoms with Crippen LogP contribution in [0, 0.1) is 6.92 Å². The number of sulfonamides is 1. The Labute approximate surface area is 99.0 Å². The number of methoxy groups -OCH3 is 1. The smallest absolute Gasteiger partial charge is 0.344 e. The number of aryl methyl sites for hydroxylation is 1. The quantitative estimate of drug-likeness (QED) is 0.701. The molecule has 1 aromatic carbocycles. The van der Waals surface area contributed by atoms with Crippen molar-refractivity contribution in [1.82, 2.24) is 4.72 Å². The highest BCUT2D eigenvalue weighted by Crippen LogP contribution is 2.26. The van der Waals surface area contributed by atoms with Gasteiger partial charge in [-0.2, -0.15) is 4.72 Å². The van der Waals surface area contributed by atoms with Crippen LogP contribution >= 0.6 is 0 Å². The molecule has 1 aromatic rings. The first-order valence-electron chi connectivity index (χ1n) is 4.91. The third kappa shape index (κ3) is 2.11. The maximum atomic E-state index is 11.9. The molecule has 0 bridgehead atoms. The van der Waals surface area contributed by atoms with Gasteiger partial charge in [-0.05, 0) is 24.6 Å². The molecule has 0 spiro atoms. The number of benzene rings is 1. The van der Waals surface area contributed by atoms with Crippen molar-refractivity contribution in [3.8, 4) is 0 Å². The van der Waals surface area contributed by atoms with Gasteiger partial charge in [-0.3, -0.25) is 0 Å². The van der Waals surface area contributed by atoms with Gasteiger partial charge in [-0.25, -0.2) is 13.2 Å². The number of carbonyl (C=O) groups is 1. The van der Waals surface area contributed by atoms with Crippen LogP contribution < -0.4 is 10.0 Å². The van der Waals surface area contributed by atoms with Crippen LogP contribution in [0.2, 0.25) is 0 Å². The number of ether oxygens (including phenoxy) is 1. The summed E-state index contributed by atoms with van der Waals surface area (Å²) in [6, 6.07) is 4.86. The Morgan fingerprint density at radius 2 is 2.12 bits per heavy atom. The fourth-order valence-corrected chi connectivity index (χ4v) is 2.87. The van der Waals surface area contributed by atoms with Crippen LogP contribution in [0.25, 0.3) is 0 Å². The van der Waals surface area contributed by atoms with Crippen LogP contribution in [0.4, 0.5) is 5.69 Å². The van der Waals surface area contributed by atoms with Crippen molar-refractivity contribution in [1.29, 1.82) is 0 Å². The van der Waals surface area contributed by atoms with Crippen molar-refractivity contribution in [3.63, 3.8) is 0 Å². The van der Waals surface area contributed by atoms with E-state index in [2.05, 4.69) is 14.8 Å². The van der Waals surface area contributed by atoms with E-state index in [0.29, 0.717) is 5.69 Å². The zero-order chi connectivity index (χ0) is 12.6. The maximum Gasteiger partial charge on any atom is 0.344 e. The molecular weight excluding hydrogens is 244 g/mol. The number of hydrogen-bond donors (Lipinski definition) is 2. The van der Waals surface area contributed by atoms with Gasteiger partial charge in [0.05, 0.1) is 12.8 Å². The van der Waals surface area contributed by atoms with Crippen LogP contribution in [0.1, 0.15) is 5.56 Å². The second kappa shape index (κ2) is 4.01. The van der Waals surface area contributed by atoms with Crippen molar-refractivity contribution in [2.75, 3.05) is 12.4 Å². The number of nitrogens with one attached hydrogen (secondary N) is 2. The molecule has 0 aliphatic carbocycles. The first kappa shape index (κ1) is 11.9. The van der Waals surface area contributed by atoms with Gasteiger partial charge in [-0.15, -0.1) is 0 Å². The zero-order valence-electron chi connectivity index (χ0n) is 9.35. The minimum atomic E-state index is -3.68. The molecule has 1 atom stereocenters. The van der Waals surface area contributed by atoms with Gasteiger partial charge in [0.25, 0.3) is 0 Å². The molecule has 2 rings (SSSR count). The summed E-state index contributed by atoms with van der Waals surface area (Å²) in [6.45, 7) is 1.84. The average Bonchev–Trinajstić information content (AvgIpc) is 2.26. The molecule has 1 aliphatic heterocycles. The van der Waals surface area contributed by atoms with E-state index in [1.54, 1.807) is 12.1 Å². The molecule has 1 heterocycles. The lowest BCUT2D eigenvalue weighted by atomic mass is 10.2. The second-order valence-electron chi connectivity index (χ2n) is 3.72. The SMILES string of the molecule is COC(=O)C1Nc2cc(C)ccc2S(=O)(=O)N1. The molecule has 0 saturated heterocycles. The van der Waals surface area contributed by atoms with E-state index in [9.17, 15) is 13.2 Å². The van der Waals surface area contributed by atoms with Crippen LogP contribution in [0.15, 0.2) is 23.1 Å². The number of rotatable bonds is 1. The third-order valence-corrected chi connectivity index (χ3v) is 3.92. The van der Waals surface area contributed by atoms with Gasteiger partial charge < -0.3 is 10.1 Å². The first-order valence-corrected chi connectivity index (χ1v) is 6.40. The molecule has 0 aromatic heterocycles. The number of esters is 1. The molecule has 92 valence electrons. The van der Waals surface area contributed by atoms with Gasteiger partial charge in [0.1, 0.15) is 4.90 Å². The van der Waals surface area contributed by atoms with Crippen LogP contribution in [-0.4, -0.2) is 27.7 Å². The van der Waals surface area contributed by atoms with Gasteiger partial charge in [0, 0.05) is 0 Å². The van der Waals surface area contributed by atoms with Gasteiger partial charge in [0.15, 0.2) is 6.17 Å². The van der Waals surface area contributed by atoms with E-state index in [4.69, 9.17) is 0 Å². The number of carbonyl (C=O) groups excluding carboxylic acids is 1. The Bertz CT molecular complexity index is 568. The molecule has 0 radical (unpaired) electrons. The van der Waals surface area contributed by atoms with E-state index >= 15 is 0 Å². The topological polar surface area (TPSA) is 84.5 Å². The molecule has 0 saturated carbocycles. The molecule has 0 fully saturated rings. The lowest BCUT2D eigenvalue weighted by molar-refractivity contribution is -0.141. The molecule has 6 nitrogen and oxygen atoms in total. The zero-order valence-corrected chi connectivity index (χ0v) is 10.2. The van der Waals surface area contributed by atoms with Crippen molar-refractivity contribution in [2.45, 2.75) is 18.0 Å². The Hall–Kier alpha value is -1.60. The fourth-order valence-electron chi connectivity index (χ4n) is 1.62. The Balaban J connectivity index is 2.49. The number of anilines is 1. The highest BCUT2D eigenvalue weighted by Gasteiger charge is 2.33. The predicted molar refractivity (Wildman–Crippen MR) is 60.9 cm³/mol.